The third-order valence-corrected chi connectivity index (χ3v) is 6.39. The Kier molecular flexibility index (Phi) is 9.43. The number of benzene rings is 2. The van der Waals surface area contributed by atoms with Crippen LogP contribution in [0.5, 0.6) is 5.75 Å². The molecule has 2 rings (SSSR count). The number of nitrogens with zero attached hydrogens (tertiary/aromatic N) is 2. The Labute approximate surface area is 200 Å². The largest absolute Gasteiger partial charge is 0.495 e. The van der Waals surface area contributed by atoms with Crippen LogP contribution in [0.4, 0.5) is 10.1 Å². The zero-order chi connectivity index (χ0) is 25.5. The molecule has 0 fully saturated rings. The Morgan fingerprint density at radius 3 is 2.35 bits per heavy atom. The minimum Gasteiger partial charge on any atom is -0.495 e. The second kappa shape index (κ2) is 11.8. The lowest BCUT2D eigenvalue weighted by Crippen LogP contribution is -2.51. The predicted octanol–water partition coefficient (Wildman–Crippen LogP) is 2.85. The molecule has 0 aromatic heterocycles. The summed E-state index contributed by atoms with van der Waals surface area (Å²) in [5.74, 6) is -1.08. The summed E-state index contributed by atoms with van der Waals surface area (Å²) >= 11 is 0. The zero-order valence-corrected chi connectivity index (χ0v) is 21.0. The van der Waals surface area contributed by atoms with Crippen LogP contribution in [0.1, 0.15) is 31.4 Å². The van der Waals surface area contributed by atoms with Crippen molar-refractivity contribution < 1.29 is 27.1 Å². The molecule has 2 amide bonds. The Morgan fingerprint density at radius 2 is 1.79 bits per heavy atom. The summed E-state index contributed by atoms with van der Waals surface area (Å²) in [5, 5.41) is 2.76. The molecule has 0 aliphatic carbocycles. The highest BCUT2D eigenvalue weighted by Crippen LogP contribution is 2.31. The van der Waals surface area contributed by atoms with Crippen molar-refractivity contribution in [1.29, 1.82) is 0 Å². The van der Waals surface area contributed by atoms with Gasteiger partial charge in [0.1, 0.15) is 24.2 Å². The third kappa shape index (κ3) is 7.18. The van der Waals surface area contributed by atoms with Gasteiger partial charge in [0.05, 0.1) is 19.1 Å². The van der Waals surface area contributed by atoms with Gasteiger partial charge < -0.3 is 15.0 Å². The molecule has 186 valence electrons. The fourth-order valence-corrected chi connectivity index (χ4v) is 4.20. The first kappa shape index (κ1) is 27.1. The topological polar surface area (TPSA) is 96.0 Å². The first-order valence-corrected chi connectivity index (χ1v) is 12.8. The van der Waals surface area contributed by atoms with Crippen LogP contribution in [-0.4, -0.2) is 57.6 Å². The molecule has 10 heteroatoms. The van der Waals surface area contributed by atoms with Crippen LogP contribution in [0.3, 0.4) is 0 Å². The van der Waals surface area contributed by atoms with Crippen molar-refractivity contribution in [3.63, 3.8) is 0 Å². The maximum Gasteiger partial charge on any atom is 0.244 e. The predicted molar refractivity (Wildman–Crippen MR) is 130 cm³/mol. The number of ether oxygens (including phenoxy) is 1. The van der Waals surface area contributed by atoms with Crippen molar-refractivity contribution in [3.8, 4) is 5.75 Å². The number of carbonyl (C=O) groups excluding carboxylic acids is 2. The Balaban J connectivity index is 2.43. The number of nitrogens with one attached hydrogen (secondary N) is 1. The van der Waals surface area contributed by atoms with Gasteiger partial charge in [-0.05, 0) is 55.7 Å². The second-order valence-corrected chi connectivity index (χ2v) is 9.97. The van der Waals surface area contributed by atoms with Crippen molar-refractivity contribution in [2.75, 3.05) is 30.8 Å². The van der Waals surface area contributed by atoms with E-state index in [4.69, 9.17) is 4.74 Å². The van der Waals surface area contributed by atoms with E-state index >= 15 is 0 Å². The molecule has 2 aromatic carbocycles. The average molecular weight is 494 g/mol. The van der Waals surface area contributed by atoms with E-state index in [0.29, 0.717) is 17.9 Å². The maximum absolute atomic E-state index is 13.5. The summed E-state index contributed by atoms with van der Waals surface area (Å²) in [6, 6.07) is 9.70. The Morgan fingerprint density at radius 1 is 1.15 bits per heavy atom. The van der Waals surface area contributed by atoms with Crippen LogP contribution < -0.4 is 14.4 Å². The highest BCUT2D eigenvalue weighted by Gasteiger charge is 2.31. The molecule has 0 saturated heterocycles. The lowest BCUT2D eigenvalue weighted by atomic mass is 10.1. The quantitative estimate of drug-likeness (QED) is 0.519. The molecule has 0 spiro atoms. The lowest BCUT2D eigenvalue weighted by molar-refractivity contribution is -0.139. The van der Waals surface area contributed by atoms with Gasteiger partial charge in [0, 0.05) is 13.1 Å². The molecule has 0 bridgehead atoms. The number of amides is 2. The molecule has 0 aliphatic rings. The molecule has 1 atom stereocenters. The van der Waals surface area contributed by atoms with E-state index in [-0.39, 0.29) is 18.1 Å². The van der Waals surface area contributed by atoms with Crippen molar-refractivity contribution in [3.05, 3.63) is 59.4 Å². The smallest absolute Gasteiger partial charge is 0.244 e. The monoisotopic (exact) mass is 493 g/mol. The minimum atomic E-state index is -3.88. The summed E-state index contributed by atoms with van der Waals surface area (Å²) < 4.78 is 45.0. The second-order valence-electron chi connectivity index (χ2n) is 8.06. The molecule has 0 radical (unpaired) electrons. The zero-order valence-electron chi connectivity index (χ0n) is 20.2. The van der Waals surface area contributed by atoms with E-state index in [0.717, 1.165) is 22.5 Å². The van der Waals surface area contributed by atoms with Gasteiger partial charge in [-0.15, -0.1) is 0 Å². The van der Waals surface area contributed by atoms with E-state index in [2.05, 4.69) is 5.32 Å². The molecule has 1 N–H and O–H groups in total. The van der Waals surface area contributed by atoms with Gasteiger partial charge in [0.2, 0.25) is 21.8 Å². The summed E-state index contributed by atoms with van der Waals surface area (Å²) in [7, 11) is -2.46. The molecule has 8 nitrogen and oxygen atoms in total. The number of anilines is 1. The fourth-order valence-electron chi connectivity index (χ4n) is 3.35. The number of rotatable bonds is 11. The third-order valence-electron chi connectivity index (χ3n) is 5.26. The molecular weight excluding hydrogens is 461 g/mol. The lowest BCUT2D eigenvalue weighted by Gasteiger charge is -2.32. The van der Waals surface area contributed by atoms with Gasteiger partial charge in [0.15, 0.2) is 0 Å². The standard InChI is InChI=1S/C24H32FN3O5S/c1-6-13-26-24(30)18(3)27(15-19-8-10-20(25)11-9-19)23(29)16-28(34(5,31)32)21-14-17(2)7-12-22(21)33-4/h7-12,14,18H,6,13,15-16H2,1-5H3,(H,26,30)/t18-/m1/s1. The number of aryl methyl sites for hydroxylation is 1. The molecule has 0 heterocycles. The van der Waals surface area contributed by atoms with Crippen molar-refractivity contribution in [2.45, 2.75) is 39.8 Å². The average Bonchev–Trinajstić information content (AvgIpc) is 2.79. The van der Waals surface area contributed by atoms with Gasteiger partial charge >= 0.3 is 0 Å². The van der Waals surface area contributed by atoms with E-state index < -0.39 is 34.3 Å². The van der Waals surface area contributed by atoms with Crippen LogP contribution in [0, 0.1) is 12.7 Å². The number of hydrogen-bond acceptors (Lipinski definition) is 5. The van der Waals surface area contributed by atoms with Crippen LogP contribution >= 0.6 is 0 Å². The van der Waals surface area contributed by atoms with E-state index in [1.807, 2.05) is 6.92 Å². The van der Waals surface area contributed by atoms with Gasteiger partial charge in [-0.1, -0.05) is 25.1 Å². The van der Waals surface area contributed by atoms with Crippen molar-refractivity contribution >= 4 is 27.5 Å². The van der Waals surface area contributed by atoms with Crippen LogP contribution in [-0.2, 0) is 26.2 Å². The highest BCUT2D eigenvalue weighted by molar-refractivity contribution is 7.92. The van der Waals surface area contributed by atoms with Gasteiger partial charge in [0.25, 0.3) is 0 Å². The number of carbonyl (C=O) groups is 2. The summed E-state index contributed by atoms with van der Waals surface area (Å²) in [6.45, 7) is 5.19. The number of halogens is 1. The Bertz CT molecular complexity index is 1110. The highest BCUT2D eigenvalue weighted by atomic mass is 32.2. The fraction of sp³-hybridized carbons (Fsp3) is 0.417. The summed E-state index contributed by atoms with van der Waals surface area (Å²) in [5.41, 5.74) is 1.61. The normalized spacial score (nSPS) is 12.1. The first-order chi connectivity index (χ1) is 16.0. The Hall–Kier alpha value is -3.14. The SMILES string of the molecule is CCCNC(=O)[C@@H](C)N(Cc1ccc(F)cc1)C(=O)CN(c1cc(C)ccc1OC)S(C)(=O)=O. The van der Waals surface area contributed by atoms with Crippen molar-refractivity contribution in [1.82, 2.24) is 10.2 Å². The number of methoxy groups -OCH3 is 1. The molecule has 34 heavy (non-hydrogen) atoms. The molecule has 0 unspecified atom stereocenters. The van der Waals surface area contributed by atoms with Crippen LogP contribution in [0.15, 0.2) is 42.5 Å². The van der Waals surface area contributed by atoms with Gasteiger partial charge in [-0.3, -0.25) is 13.9 Å². The number of sulfonamides is 1. The van der Waals surface area contributed by atoms with E-state index in [1.165, 1.54) is 36.3 Å². The van der Waals surface area contributed by atoms with Gasteiger partial charge in [-0.2, -0.15) is 0 Å². The van der Waals surface area contributed by atoms with Crippen LogP contribution in [0.25, 0.3) is 0 Å². The van der Waals surface area contributed by atoms with E-state index in [1.54, 1.807) is 32.0 Å². The van der Waals surface area contributed by atoms with Crippen molar-refractivity contribution in [2.24, 2.45) is 0 Å². The molecule has 0 aliphatic heterocycles. The molecule has 0 saturated carbocycles. The van der Waals surface area contributed by atoms with E-state index in [9.17, 15) is 22.4 Å². The summed E-state index contributed by atoms with van der Waals surface area (Å²) in [6.07, 6.45) is 1.73. The van der Waals surface area contributed by atoms with Gasteiger partial charge in [-0.25, -0.2) is 12.8 Å². The maximum atomic E-state index is 13.5. The first-order valence-electron chi connectivity index (χ1n) is 10.9. The molecular formula is C24H32FN3O5S. The van der Waals surface area contributed by atoms with Crippen LogP contribution in [0.2, 0.25) is 0 Å². The minimum absolute atomic E-state index is 0.00236. The number of hydrogen-bond donors (Lipinski definition) is 1. The summed E-state index contributed by atoms with van der Waals surface area (Å²) in [4.78, 5) is 27.4. The molecule has 2 aromatic rings.